The second-order valence-electron chi connectivity index (χ2n) is 8.04. The lowest BCUT2D eigenvalue weighted by Crippen LogP contribution is -2.39. The molecule has 1 aliphatic heterocycles. The number of sulfonamides is 1. The molecule has 0 amide bonds. The minimum absolute atomic E-state index is 0.353. The van der Waals surface area contributed by atoms with Crippen LogP contribution in [0.1, 0.15) is 35.6 Å². The molecule has 8 nitrogen and oxygen atoms in total. The van der Waals surface area contributed by atoms with Crippen molar-refractivity contribution >= 4 is 10.0 Å². The lowest BCUT2D eigenvalue weighted by Gasteiger charge is -2.31. The zero-order chi connectivity index (χ0) is 21.3. The smallest absolute Gasteiger partial charge is 0.246 e. The molecule has 3 heterocycles. The fourth-order valence-corrected chi connectivity index (χ4v) is 6.09. The van der Waals surface area contributed by atoms with Crippen LogP contribution in [-0.4, -0.2) is 50.4 Å². The van der Waals surface area contributed by atoms with E-state index in [-0.39, 0.29) is 0 Å². The minimum atomic E-state index is -3.52. The van der Waals surface area contributed by atoms with Crippen LogP contribution in [0.2, 0.25) is 0 Å². The van der Waals surface area contributed by atoms with E-state index >= 15 is 0 Å². The highest BCUT2D eigenvalue weighted by molar-refractivity contribution is 7.89. The molecule has 0 saturated carbocycles. The minimum Gasteiger partial charge on any atom is -0.313 e. The third-order valence-electron chi connectivity index (χ3n) is 5.98. The monoisotopic (exact) mass is 428 g/mol. The van der Waals surface area contributed by atoms with Crippen LogP contribution in [0.15, 0.2) is 41.6 Å². The summed E-state index contributed by atoms with van der Waals surface area (Å²) in [5, 5.41) is 12.7. The molecule has 2 aromatic heterocycles. The van der Waals surface area contributed by atoms with Gasteiger partial charge in [0.05, 0.1) is 17.9 Å². The number of nitrogens with zero attached hydrogens (tertiary/aromatic N) is 6. The van der Waals surface area contributed by atoms with Gasteiger partial charge in [0.25, 0.3) is 0 Å². The summed E-state index contributed by atoms with van der Waals surface area (Å²) in [5.74, 6) is 1.35. The van der Waals surface area contributed by atoms with Gasteiger partial charge in [-0.25, -0.2) is 8.42 Å². The molecule has 4 rings (SSSR count). The van der Waals surface area contributed by atoms with Gasteiger partial charge in [0.1, 0.15) is 17.0 Å². The van der Waals surface area contributed by atoms with Crippen molar-refractivity contribution in [1.82, 2.24) is 28.9 Å². The van der Waals surface area contributed by atoms with Crippen LogP contribution in [0.5, 0.6) is 0 Å². The first-order valence-electron chi connectivity index (χ1n) is 10.3. The summed E-state index contributed by atoms with van der Waals surface area (Å²) in [6.45, 7) is 5.35. The first kappa shape index (κ1) is 20.7. The van der Waals surface area contributed by atoms with E-state index in [4.69, 9.17) is 0 Å². The molecule has 3 aromatic rings. The van der Waals surface area contributed by atoms with Crippen LogP contribution in [-0.2, 0) is 30.0 Å². The maximum absolute atomic E-state index is 13.2. The second kappa shape index (κ2) is 8.31. The van der Waals surface area contributed by atoms with Crippen molar-refractivity contribution in [2.75, 3.05) is 13.1 Å². The van der Waals surface area contributed by atoms with Gasteiger partial charge in [0.15, 0.2) is 0 Å². The molecule has 30 heavy (non-hydrogen) atoms. The van der Waals surface area contributed by atoms with Crippen LogP contribution < -0.4 is 0 Å². The van der Waals surface area contributed by atoms with E-state index in [1.807, 2.05) is 18.2 Å². The average Bonchev–Trinajstić information content (AvgIpc) is 3.26. The van der Waals surface area contributed by atoms with Crippen LogP contribution in [0.3, 0.4) is 0 Å². The number of piperidine rings is 1. The maximum atomic E-state index is 13.2. The summed E-state index contributed by atoms with van der Waals surface area (Å²) >= 11 is 0. The van der Waals surface area contributed by atoms with Crippen LogP contribution in [0.25, 0.3) is 0 Å². The maximum Gasteiger partial charge on any atom is 0.246 e. The lowest BCUT2D eigenvalue weighted by molar-refractivity contribution is 0.269. The average molecular weight is 429 g/mol. The van der Waals surface area contributed by atoms with Gasteiger partial charge in [-0.2, -0.15) is 9.40 Å². The van der Waals surface area contributed by atoms with Gasteiger partial charge >= 0.3 is 0 Å². The number of aryl methyl sites for hydroxylation is 2. The molecular formula is C21H28N6O2S. The highest BCUT2D eigenvalue weighted by Gasteiger charge is 2.33. The lowest BCUT2D eigenvalue weighted by atomic mass is 9.94. The van der Waals surface area contributed by atoms with E-state index in [0.29, 0.717) is 35.3 Å². The molecule has 0 N–H and O–H groups in total. The van der Waals surface area contributed by atoms with Gasteiger partial charge < -0.3 is 4.57 Å². The van der Waals surface area contributed by atoms with Gasteiger partial charge in [0.2, 0.25) is 10.0 Å². The molecule has 0 atom stereocenters. The van der Waals surface area contributed by atoms with E-state index < -0.39 is 10.0 Å². The number of benzene rings is 1. The second-order valence-corrected chi connectivity index (χ2v) is 9.91. The highest BCUT2D eigenvalue weighted by Crippen LogP contribution is 2.28. The van der Waals surface area contributed by atoms with Crippen molar-refractivity contribution < 1.29 is 8.42 Å². The Balaban J connectivity index is 1.41. The van der Waals surface area contributed by atoms with Crippen LogP contribution >= 0.6 is 0 Å². The van der Waals surface area contributed by atoms with Crippen molar-refractivity contribution in [2.24, 2.45) is 13.0 Å². The van der Waals surface area contributed by atoms with Crippen LogP contribution in [0, 0.1) is 19.8 Å². The molecule has 1 aliphatic rings. The Morgan fingerprint density at radius 3 is 2.43 bits per heavy atom. The normalized spacial score (nSPS) is 16.2. The molecule has 0 aliphatic carbocycles. The zero-order valence-corrected chi connectivity index (χ0v) is 18.5. The first-order valence-corrected chi connectivity index (χ1v) is 11.7. The van der Waals surface area contributed by atoms with Gasteiger partial charge in [-0.1, -0.05) is 30.3 Å². The third-order valence-corrected chi connectivity index (χ3v) is 8.13. The van der Waals surface area contributed by atoms with Gasteiger partial charge in [-0.05, 0) is 38.2 Å². The molecule has 1 aromatic carbocycles. The number of aromatic nitrogens is 5. The van der Waals surface area contributed by atoms with Crippen molar-refractivity contribution in [1.29, 1.82) is 0 Å². The molecular weight excluding hydrogens is 400 g/mol. The van der Waals surface area contributed by atoms with Crippen LogP contribution in [0.4, 0.5) is 0 Å². The Morgan fingerprint density at radius 2 is 1.80 bits per heavy atom. The summed E-state index contributed by atoms with van der Waals surface area (Å²) in [6, 6.07) is 10.3. The summed E-state index contributed by atoms with van der Waals surface area (Å²) in [5.41, 5.74) is 2.46. The van der Waals surface area contributed by atoms with E-state index in [0.717, 1.165) is 31.6 Å². The standard InChI is InChI=1S/C21H28N6O2S/c1-16-21(17(2)25(3)24-16)30(28,29)27-11-9-18(10-12-27)13-20-23-22-15-26(20)14-19-7-5-4-6-8-19/h4-8,15,18H,9-14H2,1-3H3. The predicted octanol–water partition coefficient (Wildman–Crippen LogP) is 2.32. The molecule has 0 spiro atoms. The highest BCUT2D eigenvalue weighted by atomic mass is 32.2. The predicted molar refractivity (Wildman–Crippen MR) is 113 cm³/mol. The zero-order valence-electron chi connectivity index (χ0n) is 17.7. The molecule has 160 valence electrons. The first-order chi connectivity index (χ1) is 14.4. The molecule has 0 radical (unpaired) electrons. The molecule has 1 saturated heterocycles. The van der Waals surface area contributed by atoms with Gasteiger partial charge in [-0.15, -0.1) is 10.2 Å². The topological polar surface area (TPSA) is 85.9 Å². The summed E-state index contributed by atoms with van der Waals surface area (Å²) < 4.78 is 31.7. The fraction of sp³-hybridized carbons (Fsp3) is 0.476. The van der Waals surface area contributed by atoms with Crippen molar-refractivity contribution in [2.45, 2.75) is 44.6 Å². The summed E-state index contributed by atoms with van der Waals surface area (Å²) in [7, 11) is -1.74. The van der Waals surface area contributed by atoms with E-state index in [2.05, 4.69) is 32.0 Å². The summed E-state index contributed by atoms with van der Waals surface area (Å²) in [4.78, 5) is 0.353. The quantitative estimate of drug-likeness (QED) is 0.601. The summed E-state index contributed by atoms with van der Waals surface area (Å²) in [6.07, 6.45) is 4.22. The SMILES string of the molecule is Cc1nn(C)c(C)c1S(=O)(=O)N1CCC(Cc2nncn2Cc2ccccc2)CC1. The third kappa shape index (κ3) is 4.04. The van der Waals surface area contributed by atoms with Crippen molar-refractivity contribution in [3.63, 3.8) is 0 Å². The Morgan fingerprint density at radius 1 is 1.10 bits per heavy atom. The Kier molecular flexibility index (Phi) is 5.75. The van der Waals surface area contributed by atoms with Crippen molar-refractivity contribution in [3.05, 3.63) is 59.4 Å². The molecule has 1 fully saturated rings. The Labute approximate surface area is 177 Å². The van der Waals surface area contributed by atoms with Crippen molar-refractivity contribution in [3.8, 4) is 0 Å². The van der Waals surface area contributed by atoms with E-state index in [1.165, 1.54) is 5.56 Å². The van der Waals surface area contributed by atoms with E-state index in [9.17, 15) is 8.42 Å². The molecule has 0 bridgehead atoms. The molecule has 0 unspecified atom stereocenters. The number of rotatable bonds is 6. The largest absolute Gasteiger partial charge is 0.313 e. The number of hydrogen-bond acceptors (Lipinski definition) is 5. The van der Waals surface area contributed by atoms with Gasteiger partial charge in [0, 0.05) is 26.6 Å². The Bertz CT molecular complexity index is 1110. The van der Waals surface area contributed by atoms with Gasteiger partial charge in [-0.3, -0.25) is 4.68 Å². The fourth-order valence-electron chi connectivity index (χ4n) is 4.22. The Hall–Kier alpha value is -2.52. The van der Waals surface area contributed by atoms with E-state index in [1.54, 1.807) is 36.2 Å². The molecule has 9 heteroatoms. The number of hydrogen-bond donors (Lipinski definition) is 0.